The highest BCUT2D eigenvalue weighted by atomic mass is 32.2. The molecule has 0 spiro atoms. The first-order valence-electron chi connectivity index (χ1n) is 9.83. The van der Waals surface area contributed by atoms with E-state index < -0.39 is 33.7 Å². The number of sulfonamides is 1. The van der Waals surface area contributed by atoms with Crippen LogP contribution in [0.3, 0.4) is 0 Å². The van der Waals surface area contributed by atoms with Crippen LogP contribution in [0.1, 0.15) is 45.9 Å². The highest BCUT2D eigenvalue weighted by Crippen LogP contribution is 2.29. The Bertz CT molecular complexity index is 1070. The van der Waals surface area contributed by atoms with Crippen LogP contribution >= 0.6 is 0 Å². The molecule has 31 heavy (non-hydrogen) atoms. The average molecular weight is 455 g/mol. The summed E-state index contributed by atoms with van der Waals surface area (Å²) in [6, 6.07) is 2.76. The fraction of sp³-hybridized carbons (Fsp3) is 0.409. The summed E-state index contributed by atoms with van der Waals surface area (Å²) in [5.74, 6) is -2.20. The monoisotopic (exact) mass is 454 g/mol. The summed E-state index contributed by atoms with van der Waals surface area (Å²) in [7, 11) is -3.83. The first-order chi connectivity index (χ1) is 14.4. The summed E-state index contributed by atoms with van der Waals surface area (Å²) in [5.41, 5.74) is 4.05. The van der Waals surface area contributed by atoms with E-state index in [9.17, 15) is 27.1 Å². The number of aliphatic hydroxyl groups is 1. The van der Waals surface area contributed by atoms with Crippen LogP contribution in [0.4, 0.5) is 8.78 Å². The second kappa shape index (κ2) is 9.84. The predicted molar refractivity (Wildman–Crippen MR) is 114 cm³/mol. The van der Waals surface area contributed by atoms with Crippen molar-refractivity contribution in [2.75, 3.05) is 13.1 Å². The van der Waals surface area contributed by atoms with Crippen LogP contribution < -0.4 is 10.0 Å². The SMILES string of the molecule is Cc1c(C)c(C)c(S(=O)(=O)NCCC(=O)NCC(O)c2ccc(F)cc2F)c(C)c1C. The number of aliphatic hydroxyl groups excluding tert-OH is 1. The van der Waals surface area contributed by atoms with Gasteiger partial charge in [0.2, 0.25) is 15.9 Å². The quantitative estimate of drug-likeness (QED) is 0.571. The molecule has 0 saturated heterocycles. The molecule has 3 N–H and O–H groups in total. The number of benzene rings is 2. The van der Waals surface area contributed by atoms with E-state index in [4.69, 9.17) is 0 Å². The van der Waals surface area contributed by atoms with Crippen LogP contribution in [0.25, 0.3) is 0 Å². The summed E-state index contributed by atoms with van der Waals surface area (Å²) in [6.07, 6.45) is -1.52. The summed E-state index contributed by atoms with van der Waals surface area (Å²) < 4.78 is 54.7. The van der Waals surface area contributed by atoms with E-state index >= 15 is 0 Å². The molecule has 0 aliphatic heterocycles. The van der Waals surface area contributed by atoms with Crippen LogP contribution in [-0.4, -0.2) is 32.5 Å². The van der Waals surface area contributed by atoms with Gasteiger partial charge in [-0.2, -0.15) is 0 Å². The van der Waals surface area contributed by atoms with E-state index in [2.05, 4.69) is 10.0 Å². The lowest BCUT2D eigenvalue weighted by Gasteiger charge is -2.19. The first-order valence-corrected chi connectivity index (χ1v) is 11.3. The molecule has 0 saturated carbocycles. The second-order valence-electron chi connectivity index (χ2n) is 7.59. The van der Waals surface area contributed by atoms with Crippen molar-refractivity contribution in [3.8, 4) is 0 Å². The number of carbonyl (C=O) groups excluding carboxylic acids is 1. The van der Waals surface area contributed by atoms with Gasteiger partial charge < -0.3 is 10.4 Å². The molecule has 2 rings (SSSR count). The fourth-order valence-corrected chi connectivity index (χ4v) is 5.05. The third kappa shape index (κ3) is 5.66. The van der Waals surface area contributed by atoms with Crippen molar-refractivity contribution in [3.63, 3.8) is 0 Å². The molecule has 2 aromatic rings. The van der Waals surface area contributed by atoms with Crippen molar-refractivity contribution in [2.24, 2.45) is 0 Å². The third-order valence-electron chi connectivity index (χ3n) is 5.66. The van der Waals surface area contributed by atoms with Gasteiger partial charge in [0, 0.05) is 31.1 Å². The molecule has 0 aromatic heterocycles. The minimum Gasteiger partial charge on any atom is -0.386 e. The summed E-state index contributed by atoms with van der Waals surface area (Å²) in [5, 5.41) is 12.4. The van der Waals surface area contributed by atoms with Gasteiger partial charge in [-0.1, -0.05) is 6.07 Å². The van der Waals surface area contributed by atoms with Gasteiger partial charge in [-0.25, -0.2) is 21.9 Å². The van der Waals surface area contributed by atoms with Gasteiger partial charge in [0.05, 0.1) is 11.0 Å². The number of carbonyl (C=O) groups is 1. The topological polar surface area (TPSA) is 95.5 Å². The summed E-state index contributed by atoms with van der Waals surface area (Å²) in [4.78, 5) is 12.2. The Balaban J connectivity index is 1.96. The van der Waals surface area contributed by atoms with E-state index in [1.165, 1.54) is 0 Å². The molecular formula is C22H28F2N2O4S. The van der Waals surface area contributed by atoms with Gasteiger partial charge in [0.1, 0.15) is 11.6 Å². The lowest BCUT2D eigenvalue weighted by Crippen LogP contribution is -2.33. The first kappa shape index (κ1) is 24.9. The maximum absolute atomic E-state index is 13.7. The Kier molecular flexibility index (Phi) is 7.91. The fourth-order valence-electron chi connectivity index (χ4n) is 3.42. The number of rotatable bonds is 8. The minimum absolute atomic E-state index is 0.139. The average Bonchev–Trinajstić information content (AvgIpc) is 2.68. The van der Waals surface area contributed by atoms with E-state index in [0.29, 0.717) is 17.2 Å². The highest BCUT2D eigenvalue weighted by molar-refractivity contribution is 7.89. The van der Waals surface area contributed by atoms with Crippen LogP contribution in [0.15, 0.2) is 23.1 Å². The lowest BCUT2D eigenvalue weighted by molar-refractivity contribution is -0.121. The molecule has 0 aliphatic rings. The normalized spacial score (nSPS) is 12.6. The smallest absolute Gasteiger partial charge is 0.241 e. The van der Waals surface area contributed by atoms with E-state index in [0.717, 1.165) is 28.8 Å². The molecule has 1 unspecified atom stereocenters. The number of hydrogen-bond acceptors (Lipinski definition) is 4. The Morgan fingerprint density at radius 2 is 1.55 bits per heavy atom. The van der Waals surface area contributed by atoms with Crippen LogP contribution in [0.2, 0.25) is 0 Å². The maximum Gasteiger partial charge on any atom is 0.241 e. The number of halogens is 2. The molecule has 2 aromatic carbocycles. The molecule has 6 nitrogen and oxygen atoms in total. The third-order valence-corrected chi connectivity index (χ3v) is 7.39. The minimum atomic E-state index is -3.83. The van der Waals surface area contributed by atoms with Gasteiger partial charge in [-0.3, -0.25) is 4.79 Å². The molecule has 0 radical (unpaired) electrons. The number of hydrogen-bond donors (Lipinski definition) is 3. The van der Waals surface area contributed by atoms with Crippen molar-refractivity contribution in [1.29, 1.82) is 0 Å². The zero-order valence-electron chi connectivity index (χ0n) is 18.3. The molecular weight excluding hydrogens is 426 g/mol. The van der Waals surface area contributed by atoms with Crippen molar-refractivity contribution < 1.29 is 27.1 Å². The van der Waals surface area contributed by atoms with E-state index in [-0.39, 0.29) is 30.0 Å². The highest BCUT2D eigenvalue weighted by Gasteiger charge is 2.23. The number of nitrogens with one attached hydrogen (secondary N) is 2. The molecule has 170 valence electrons. The van der Waals surface area contributed by atoms with Crippen LogP contribution in [-0.2, 0) is 14.8 Å². The van der Waals surface area contributed by atoms with Crippen molar-refractivity contribution in [2.45, 2.75) is 52.0 Å². The van der Waals surface area contributed by atoms with Gasteiger partial charge in [0.25, 0.3) is 0 Å². The molecule has 1 atom stereocenters. The molecule has 9 heteroatoms. The molecule has 0 heterocycles. The molecule has 0 aliphatic carbocycles. The van der Waals surface area contributed by atoms with Crippen molar-refractivity contribution in [3.05, 3.63) is 63.2 Å². The van der Waals surface area contributed by atoms with Crippen LogP contribution in [0, 0.1) is 46.3 Å². The summed E-state index contributed by atoms with van der Waals surface area (Å²) in [6.45, 7) is 8.78. The van der Waals surface area contributed by atoms with Crippen LogP contribution in [0.5, 0.6) is 0 Å². The zero-order valence-corrected chi connectivity index (χ0v) is 19.1. The van der Waals surface area contributed by atoms with Gasteiger partial charge in [-0.05, 0) is 68.5 Å². The zero-order chi connectivity index (χ0) is 23.5. The van der Waals surface area contributed by atoms with Crippen molar-refractivity contribution in [1.82, 2.24) is 10.0 Å². The van der Waals surface area contributed by atoms with Gasteiger partial charge in [0.15, 0.2) is 0 Å². The predicted octanol–water partition coefficient (Wildman–Crippen LogP) is 3.03. The second-order valence-corrected chi connectivity index (χ2v) is 9.29. The largest absolute Gasteiger partial charge is 0.386 e. The standard InChI is InChI=1S/C22H28F2N2O4S/c1-12-13(2)15(4)22(16(5)14(12)3)31(29,30)26-9-8-21(28)25-11-20(27)18-7-6-17(23)10-19(18)24/h6-7,10,20,26-27H,8-9,11H2,1-5H3,(H,25,28). The Morgan fingerprint density at radius 1 is 1.00 bits per heavy atom. The Hall–Kier alpha value is -2.36. The van der Waals surface area contributed by atoms with E-state index in [1.54, 1.807) is 13.8 Å². The Morgan fingerprint density at radius 3 is 2.10 bits per heavy atom. The molecule has 0 bridgehead atoms. The lowest BCUT2D eigenvalue weighted by atomic mass is 9.95. The van der Waals surface area contributed by atoms with Crippen molar-refractivity contribution >= 4 is 15.9 Å². The number of amides is 1. The van der Waals surface area contributed by atoms with Gasteiger partial charge >= 0.3 is 0 Å². The molecule has 0 fully saturated rings. The van der Waals surface area contributed by atoms with E-state index in [1.807, 2.05) is 20.8 Å². The molecule has 1 amide bonds. The van der Waals surface area contributed by atoms with Gasteiger partial charge in [-0.15, -0.1) is 0 Å². The maximum atomic E-state index is 13.7. The summed E-state index contributed by atoms with van der Waals surface area (Å²) >= 11 is 0. The Labute approximate surface area is 181 Å².